The Morgan fingerprint density at radius 2 is 1.85 bits per heavy atom. The molecule has 0 atom stereocenters. The number of aliphatic hydroxyl groups excluding tert-OH is 1. The monoisotopic (exact) mass is 467 g/mol. The number of anilines is 2. The Bertz CT molecular complexity index is 1130. The van der Waals surface area contributed by atoms with Gasteiger partial charge in [-0.3, -0.25) is 0 Å². The molecule has 0 unspecified atom stereocenters. The molecular formula is C25H30ClN5O2. The standard InChI is InChI=1S/C25H30ClN5O2/c1-15-2-5-17(26)12-22(15)30-25-29-14-21-23(31-25)20(16-3-6-18(32)7-4-16)13-28-24(21)33-19-8-10-27-11-9-19/h2,5,12-14,16,18-19,27,32H,3-4,6-11H2,1H3,(H,29,30,31)/t16-,18-. The largest absolute Gasteiger partial charge is 0.474 e. The van der Waals surface area contributed by atoms with Crippen molar-refractivity contribution in [3.63, 3.8) is 0 Å². The molecule has 2 aromatic heterocycles. The van der Waals surface area contributed by atoms with Gasteiger partial charge in [-0.05, 0) is 82.2 Å². The van der Waals surface area contributed by atoms with E-state index in [0.717, 1.165) is 79.3 Å². The van der Waals surface area contributed by atoms with Crippen LogP contribution in [-0.2, 0) is 0 Å². The van der Waals surface area contributed by atoms with E-state index in [0.29, 0.717) is 22.8 Å². The van der Waals surface area contributed by atoms with Gasteiger partial charge in [-0.15, -0.1) is 0 Å². The van der Waals surface area contributed by atoms with Crippen molar-refractivity contribution < 1.29 is 9.84 Å². The molecule has 0 spiro atoms. The topological polar surface area (TPSA) is 92.2 Å². The van der Waals surface area contributed by atoms with Crippen molar-refractivity contribution in [1.82, 2.24) is 20.3 Å². The van der Waals surface area contributed by atoms with Gasteiger partial charge in [0, 0.05) is 28.7 Å². The summed E-state index contributed by atoms with van der Waals surface area (Å²) in [5.74, 6) is 1.43. The van der Waals surface area contributed by atoms with Crippen molar-refractivity contribution in [3.8, 4) is 5.88 Å². The number of piperidine rings is 1. The molecule has 1 saturated carbocycles. The highest BCUT2D eigenvalue weighted by Gasteiger charge is 2.25. The molecule has 5 rings (SSSR count). The van der Waals surface area contributed by atoms with Crippen molar-refractivity contribution >= 4 is 34.1 Å². The first-order valence-corrected chi connectivity index (χ1v) is 12.2. The number of nitrogens with one attached hydrogen (secondary N) is 2. The van der Waals surface area contributed by atoms with E-state index in [2.05, 4.69) is 15.6 Å². The molecule has 174 valence electrons. The van der Waals surface area contributed by atoms with Crippen molar-refractivity contribution in [1.29, 1.82) is 0 Å². The molecule has 8 heteroatoms. The van der Waals surface area contributed by atoms with Crippen LogP contribution in [0.1, 0.15) is 55.6 Å². The van der Waals surface area contributed by atoms with E-state index >= 15 is 0 Å². The summed E-state index contributed by atoms with van der Waals surface area (Å²) >= 11 is 6.20. The van der Waals surface area contributed by atoms with Gasteiger partial charge in [-0.25, -0.2) is 15.0 Å². The summed E-state index contributed by atoms with van der Waals surface area (Å²) in [6.45, 7) is 3.93. The molecule has 0 bridgehead atoms. The third kappa shape index (κ3) is 5.05. The molecule has 7 nitrogen and oxygen atoms in total. The second-order valence-electron chi connectivity index (χ2n) is 9.13. The maximum absolute atomic E-state index is 9.98. The zero-order chi connectivity index (χ0) is 22.8. The maximum Gasteiger partial charge on any atom is 0.227 e. The van der Waals surface area contributed by atoms with Gasteiger partial charge in [0.15, 0.2) is 0 Å². The summed E-state index contributed by atoms with van der Waals surface area (Å²) in [7, 11) is 0. The van der Waals surface area contributed by atoms with Gasteiger partial charge in [-0.2, -0.15) is 0 Å². The number of hydrogen-bond acceptors (Lipinski definition) is 7. The summed E-state index contributed by atoms with van der Waals surface area (Å²) in [6, 6.07) is 5.72. The van der Waals surface area contributed by atoms with Crippen LogP contribution in [0.5, 0.6) is 5.88 Å². The smallest absolute Gasteiger partial charge is 0.227 e. The molecule has 1 saturated heterocycles. The molecule has 3 heterocycles. The zero-order valence-corrected chi connectivity index (χ0v) is 19.6. The van der Waals surface area contributed by atoms with Gasteiger partial charge >= 0.3 is 0 Å². The molecule has 0 radical (unpaired) electrons. The Labute approximate surface area is 199 Å². The number of aromatic nitrogens is 3. The molecule has 3 aromatic rings. The van der Waals surface area contributed by atoms with E-state index in [-0.39, 0.29) is 12.2 Å². The summed E-state index contributed by atoms with van der Waals surface area (Å²) in [4.78, 5) is 14.2. The number of pyridine rings is 1. The zero-order valence-electron chi connectivity index (χ0n) is 18.9. The number of ether oxygens (including phenoxy) is 1. The third-order valence-electron chi connectivity index (χ3n) is 6.76. The molecule has 2 fully saturated rings. The van der Waals surface area contributed by atoms with Crippen LogP contribution < -0.4 is 15.4 Å². The normalized spacial score (nSPS) is 21.8. The molecule has 33 heavy (non-hydrogen) atoms. The minimum atomic E-state index is -0.208. The second kappa shape index (κ2) is 9.79. The summed E-state index contributed by atoms with van der Waals surface area (Å²) in [5, 5.41) is 18.2. The van der Waals surface area contributed by atoms with Gasteiger partial charge in [0.2, 0.25) is 11.8 Å². The minimum absolute atomic E-state index is 0.143. The van der Waals surface area contributed by atoms with Crippen molar-refractivity contribution in [3.05, 3.63) is 46.7 Å². The average Bonchev–Trinajstić information content (AvgIpc) is 2.83. The van der Waals surface area contributed by atoms with E-state index in [1.165, 1.54) is 0 Å². The van der Waals surface area contributed by atoms with Gasteiger partial charge < -0.3 is 20.5 Å². The number of aliphatic hydroxyl groups is 1. The van der Waals surface area contributed by atoms with Gasteiger partial charge in [0.05, 0.1) is 17.0 Å². The summed E-state index contributed by atoms with van der Waals surface area (Å²) in [5.41, 5.74) is 3.91. The molecule has 3 N–H and O–H groups in total. The van der Waals surface area contributed by atoms with E-state index in [9.17, 15) is 5.11 Å². The van der Waals surface area contributed by atoms with Crippen LogP contribution in [0.15, 0.2) is 30.6 Å². The van der Waals surface area contributed by atoms with E-state index in [4.69, 9.17) is 26.3 Å². The van der Waals surface area contributed by atoms with E-state index < -0.39 is 0 Å². The van der Waals surface area contributed by atoms with Crippen molar-refractivity contribution in [2.75, 3.05) is 18.4 Å². The third-order valence-corrected chi connectivity index (χ3v) is 7.00. The van der Waals surface area contributed by atoms with Crippen LogP contribution in [0.2, 0.25) is 5.02 Å². The molecule has 1 aliphatic carbocycles. The fraction of sp³-hybridized carbons (Fsp3) is 0.480. The number of fused-ring (bicyclic) bond motifs is 1. The number of aryl methyl sites for hydroxylation is 1. The lowest BCUT2D eigenvalue weighted by Crippen LogP contribution is -2.34. The lowest BCUT2D eigenvalue weighted by Gasteiger charge is -2.27. The summed E-state index contributed by atoms with van der Waals surface area (Å²) < 4.78 is 6.31. The number of rotatable bonds is 5. The Morgan fingerprint density at radius 3 is 2.64 bits per heavy atom. The Hall–Kier alpha value is -2.48. The Balaban J connectivity index is 1.52. The van der Waals surface area contributed by atoms with Gasteiger partial charge in [-0.1, -0.05) is 17.7 Å². The SMILES string of the molecule is Cc1ccc(Cl)cc1Nc1ncc2c(OC3CCNCC3)ncc([C@H]3CC[C@H](O)CC3)c2n1. The Kier molecular flexibility index (Phi) is 6.62. The number of halogens is 1. The highest BCUT2D eigenvalue weighted by Crippen LogP contribution is 2.38. The van der Waals surface area contributed by atoms with Crippen LogP contribution in [0, 0.1) is 6.92 Å². The van der Waals surface area contributed by atoms with Gasteiger partial charge in [0.25, 0.3) is 0 Å². The highest BCUT2D eigenvalue weighted by atomic mass is 35.5. The molecule has 1 aromatic carbocycles. The first kappa shape index (κ1) is 22.3. The number of benzene rings is 1. The molecule has 0 amide bonds. The van der Waals surface area contributed by atoms with Crippen molar-refractivity contribution in [2.45, 2.75) is 63.6 Å². The van der Waals surface area contributed by atoms with Crippen LogP contribution in [-0.4, -0.2) is 45.4 Å². The molecule has 2 aliphatic rings. The average molecular weight is 468 g/mol. The number of nitrogens with zero attached hydrogens (tertiary/aromatic N) is 3. The van der Waals surface area contributed by atoms with Gasteiger partial charge in [0.1, 0.15) is 6.10 Å². The summed E-state index contributed by atoms with van der Waals surface area (Å²) in [6.07, 6.45) is 9.04. The lowest BCUT2D eigenvalue weighted by molar-refractivity contribution is 0.122. The highest BCUT2D eigenvalue weighted by molar-refractivity contribution is 6.30. The maximum atomic E-state index is 9.98. The minimum Gasteiger partial charge on any atom is -0.474 e. The predicted molar refractivity (Wildman–Crippen MR) is 131 cm³/mol. The van der Waals surface area contributed by atoms with E-state index in [1.54, 1.807) is 0 Å². The first-order valence-electron chi connectivity index (χ1n) is 11.8. The second-order valence-corrected chi connectivity index (χ2v) is 9.57. The fourth-order valence-corrected chi connectivity index (χ4v) is 4.95. The number of hydrogen-bond donors (Lipinski definition) is 3. The predicted octanol–water partition coefficient (Wildman–Crippen LogP) is 4.88. The first-order chi connectivity index (χ1) is 16.1. The van der Waals surface area contributed by atoms with E-state index in [1.807, 2.05) is 37.5 Å². The quantitative estimate of drug-likeness (QED) is 0.492. The molecular weight excluding hydrogens is 438 g/mol. The lowest BCUT2D eigenvalue weighted by atomic mass is 9.83. The van der Waals surface area contributed by atoms with Crippen LogP contribution in [0.4, 0.5) is 11.6 Å². The van der Waals surface area contributed by atoms with Crippen LogP contribution in [0.25, 0.3) is 10.9 Å². The van der Waals surface area contributed by atoms with Crippen molar-refractivity contribution in [2.24, 2.45) is 0 Å². The van der Waals surface area contributed by atoms with Crippen LogP contribution in [0.3, 0.4) is 0 Å². The van der Waals surface area contributed by atoms with Crippen LogP contribution >= 0.6 is 11.6 Å². The Morgan fingerprint density at radius 1 is 1.06 bits per heavy atom. The molecule has 1 aliphatic heterocycles. The fourth-order valence-electron chi connectivity index (χ4n) is 4.78.